The van der Waals surface area contributed by atoms with Gasteiger partial charge in [-0.05, 0) is 13.0 Å². The highest BCUT2D eigenvalue weighted by Gasteiger charge is 2.16. The Kier molecular flexibility index (Phi) is 5.36. The van der Waals surface area contributed by atoms with Crippen molar-refractivity contribution >= 4 is 34.2 Å². The molecule has 9 nitrogen and oxygen atoms in total. The summed E-state index contributed by atoms with van der Waals surface area (Å²) in [5.74, 6) is 0.175. The van der Waals surface area contributed by atoms with Crippen molar-refractivity contribution in [1.82, 2.24) is 14.5 Å². The summed E-state index contributed by atoms with van der Waals surface area (Å²) in [5, 5.41) is 3.14. The Balaban J connectivity index is 2.03. The Morgan fingerprint density at radius 1 is 1.21 bits per heavy atom. The number of nitrogens with zero attached hydrogens (tertiary/aromatic N) is 2. The standard InChI is InChI=1S/C18H17ClN4O5/c1-4-23-15-10(17(25)22-18(23)26)5-9(8-20-15)16(24)21-12-7-13(27-2)11(19)6-14(12)28-3/h5-8H,4H2,1-3H3,(H,21,24)(H,22,25,26). The predicted octanol–water partition coefficient (Wildman–Crippen LogP) is 2.03. The van der Waals surface area contributed by atoms with Gasteiger partial charge in [-0.3, -0.25) is 19.1 Å². The van der Waals surface area contributed by atoms with Gasteiger partial charge in [0, 0.05) is 24.9 Å². The molecule has 0 bridgehead atoms. The molecule has 0 spiro atoms. The number of nitrogens with one attached hydrogen (secondary N) is 2. The molecule has 146 valence electrons. The maximum Gasteiger partial charge on any atom is 0.329 e. The summed E-state index contributed by atoms with van der Waals surface area (Å²) in [7, 11) is 2.89. The number of H-pyrrole nitrogens is 1. The summed E-state index contributed by atoms with van der Waals surface area (Å²) < 4.78 is 11.7. The van der Waals surface area contributed by atoms with Gasteiger partial charge in [0.15, 0.2) is 0 Å². The van der Waals surface area contributed by atoms with Crippen LogP contribution in [-0.2, 0) is 6.54 Å². The molecule has 0 unspecified atom stereocenters. The predicted molar refractivity (Wildman–Crippen MR) is 105 cm³/mol. The molecule has 0 saturated carbocycles. The number of anilines is 1. The van der Waals surface area contributed by atoms with Crippen molar-refractivity contribution in [2.24, 2.45) is 0 Å². The van der Waals surface area contributed by atoms with E-state index in [1.807, 2.05) is 0 Å². The van der Waals surface area contributed by atoms with Crippen LogP contribution in [0.25, 0.3) is 11.0 Å². The second-order valence-electron chi connectivity index (χ2n) is 5.74. The van der Waals surface area contributed by atoms with Crippen LogP contribution in [0.5, 0.6) is 11.5 Å². The van der Waals surface area contributed by atoms with E-state index in [0.29, 0.717) is 28.8 Å². The van der Waals surface area contributed by atoms with Crippen LogP contribution in [0.15, 0.2) is 34.0 Å². The summed E-state index contributed by atoms with van der Waals surface area (Å²) in [4.78, 5) is 43.0. The number of aromatic amines is 1. The van der Waals surface area contributed by atoms with Crippen LogP contribution in [0.3, 0.4) is 0 Å². The molecule has 28 heavy (non-hydrogen) atoms. The number of carbonyl (C=O) groups excluding carboxylic acids is 1. The van der Waals surface area contributed by atoms with Gasteiger partial charge in [-0.25, -0.2) is 9.78 Å². The van der Waals surface area contributed by atoms with E-state index >= 15 is 0 Å². The van der Waals surface area contributed by atoms with E-state index in [1.165, 1.54) is 43.2 Å². The number of methoxy groups -OCH3 is 2. The first-order valence-corrected chi connectivity index (χ1v) is 8.63. The molecule has 0 aliphatic rings. The SMILES string of the molecule is CCn1c(=O)[nH]c(=O)c2cc(C(=O)Nc3cc(OC)c(Cl)cc3OC)cnc21. The van der Waals surface area contributed by atoms with Gasteiger partial charge in [0.05, 0.1) is 35.9 Å². The zero-order valence-corrected chi connectivity index (χ0v) is 16.1. The van der Waals surface area contributed by atoms with Gasteiger partial charge in [0.25, 0.3) is 11.5 Å². The molecule has 2 N–H and O–H groups in total. The van der Waals surface area contributed by atoms with Crippen molar-refractivity contribution in [3.05, 3.63) is 55.8 Å². The summed E-state index contributed by atoms with van der Waals surface area (Å²) in [5.41, 5.74) is -0.490. The van der Waals surface area contributed by atoms with E-state index in [4.69, 9.17) is 21.1 Å². The number of benzene rings is 1. The lowest BCUT2D eigenvalue weighted by atomic mass is 10.2. The van der Waals surface area contributed by atoms with E-state index < -0.39 is 17.2 Å². The number of halogens is 1. The fraction of sp³-hybridized carbons (Fsp3) is 0.222. The molecular formula is C18H17ClN4O5. The number of aryl methyl sites for hydroxylation is 1. The number of amides is 1. The summed E-state index contributed by atoms with van der Waals surface area (Å²) in [6, 6.07) is 4.41. The largest absolute Gasteiger partial charge is 0.495 e. The summed E-state index contributed by atoms with van der Waals surface area (Å²) in [6.07, 6.45) is 1.29. The number of pyridine rings is 1. The molecule has 1 aromatic carbocycles. The fourth-order valence-corrected chi connectivity index (χ4v) is 2.97. The third-order valence-electron chi connectivity index (χ3n) is 4.13. The van der Waals surface area contributed by atoms with Gasteiger partial charge in [0.1, 0.15) is 17.1 Å². The molecule has 10 heteroatoms. The van der Waals surface area contributed by atoms with E-state index in [2.05, 4.69) is 15.3 Å². The van der Waals surface area contributed by atoms with Crippen molar-refractivity contribution in [1.29, 1.82) is 0 Å². The first-order chi connectivity index (χ1) is 13.4. The van der Waals surface area contributed by atoms with Crippen LogP contribution in [-0.4, -0.2) is 34.7 Å². The van der Waals surface area contributed by atoms with Crippen molar-refractivity contribution in [3.63, 3.8) is 0 Å². The van der Waals surface area contributed by atoms with Crippen molar-refractivity contribution < 1.29 is 14.3 Å². The normalized spacial score (nSPS) is 10.7. The molecule has 3 rings (SSSR count). The molecule has 3 aromatic rings. The highest BCUT2D eigenvalue weighted by Crippen LogP contribution is 2.36. The highest BCUT2D eigenvalue weighted by atomic mass is 35.5. The van der Waals surface area contributed by atoms with Crippen LogP contribution in [0.1, 0.15) is 17.3 Å². The molecule has 1 amide bonds. The van der Waals surface area contributed by atoms with Crippen LogP contribution >= 0.6 is 11.6 Å². The van der Waals surface area contributed by atoms with Gasteiger partial charge in [0.2, 0.25) is 0 Å². The van der Waals surface area contributed by atoms with Gasteiger partial charge in [-0.2, -0.15) is 0 Å². The molecule has 0 fully saturated rings. The average molecular weight is 405 g/mol. The minimum Gasteiger partial charge on any atom is -0.495 e. The van der Waals surface area contributed by atoms with Crippen LogP contribution in [0, 0.1) is 0 Å². The van der Waals surface area contributed by atoms with Gasteiger partial charge in [-0.15, -0.1) is 0 Å². The molecule has 0 radical (unpaired) electrons. The summed E-state index contributed by atoms with van der Waals surface area (Å²) in [6.45, 7) is 2.08. The quantitative estimate of drug-likeness (QED) is 0.672. The zero-order valence-electron chi connectivity index (χ0n) is 15.3. The van der Waals surface area contributed by atoms with E-state index in [1.54, 1.807) is 6.92 Å². The molecular weight excluding hydrogens is 388 g/mol. The third kappa shape index (κ3) is 3.44. The van der Waals surface area contributed by atoms with Crippen LogP contribution in [0.4, 0.5) is 5.69 Å². The zero-order chi connectivity index (χ0) is 20.4. The van der Waals surface area contributed by atoms with E-state index in [-0.39, 0.29) is 16.6 Å². The lowest BCUT2D eigenvalue weighted by molar-refractivity contribution is 0.102. The Morgan fingerprint density at radius 3 is 2.57 bits per heavy atom. The molecule has 0 aliphatic heterocycles. The number of ether oxygens (including phenoxy) is 2. The Hall–Kier alpha value is -3.33. The molecule has 2 aromatic heterocycles. The first kappa shape index (κ1) is 19.4. The van der Waals surface area contributed by atoms with Crippen molar-refractivity contribution in [3.8, 4) is 11.5 Å². The smallest absolute Gasteiger partial charge is 0.329 e. The third-order valence-corrected chi connectivity index (χ3v) is 4.43. The van der Waals surface area contributed by atoms with E-state index in [9.17, 15) is 14.4 Å². The molecule has 0 saturated heterocycles. The molecule has 0 atom stereocenters. The highest BCUT2D eigenvalue weighted by molar-refractivity contribution is 6.32. The Morgan fingerprint density at radius 2 is 1.93 bits per heavy atom. The van der Waals surface area contributed by atoms with Crippen molar-refractivity contribution in [2.45, 2.75) is 13.5 Å². The Labute approximate surface area is 163 Å². The first-order valence-electron chi connectivity index (χ1n) is 8.25. The maximum atomic E-state index is 12.7. The number of fused-ring (bicyclic) bond motifs is 1. The molecule has 2 heterocycles. The average Bonchev–Trinajstić information content (AvgIpc) is 2.68. The number of aromatic nitrogens is 3. The minimum absolute atomic E-state index is 0.134. The lowest BCUT2D eigenvalue weighted by Gasteiger charge is -2.13. The van der Waals surface area contributed by atoms with E-state index in [0.717, 1.165) is 0 Å². The van der Waals surface area contributed by atoms with Crippen molar-refractivity contribution in [2.75, 3.05) is 19.5 Å². The maximum absolute atomic E-state index is 12.7. The Bertz CT molecular complexity index is 1190. The number of hydrogen-bond acceptors (Lipinski definition) is 6. The molecule has 0 aliphatic carbocycles. The van der Waals surface area contributed by atoms with Crippen LogP contribution in [0.2, 0.25) is 5.02 Å². The second kappa shape index (κ2) is 7.73. The number of hydrogen-bond donors (Lipinski definition) is 2. The number of rotatable bonds is 5. The summed E-state index contributed by atoms with van der Waals surface area (Å²) >= 11 is 6.06. The second-order valence-corrected chi connectivity index (χ2v) is 6.15. The van der Waals surface area contributed by atoms with Gasteiger partial charge < -0.3 is 14.8 Å². The minimum atomic E-state index is -0.613. The number of carbonyl (C=O) groups is 1. The van der Waals surface area contributed by atoms with Gasteiger partial charge in [-0.1, -0.05) is 11.6 Å². The topological polar surface area (TPSA) is 115 Å². The van der Waals surface area contributed by atoms with Crippen LogP contribution < -0.4 is 26.0 Å². The van der Waals surface area contributed by atoms with Gasteiger partial charge >= 0.3 is 5.69 Å². The fourth-order valence-electron chi connectivity index (χ4n) is 2.74. The monoisotopic (exact) mass is 404 g/mol. The lowest BCUT2D eigenvalue weighted by Crippen LogP contribution is -2.30.